The highest BCUT2D eigenvalue weighted by Crippen LogP contribution is 2.45. The number of phenols is 2. The normalized spacial score (nSPS) is 17.2. The molecule has 0 radical (unpaired) electrons. The van der Waals surface area contributed by atoms with Gasteiger partial charge in [-0.2, -0.15) is 4.98 Å². The van der Waals surface area contributed by atoms with Crippen LogP contribution in [0, 0.1) is 6.92 Å². The van der Waals surface area contributed by atoms with E-state index in [9.17, 15) is 15.3 Å². The van der Waals surface area contributed by atoms with Gasteiger partial charge in [0, 0.05) is 49.9 Å². The Morgan fingerprint density at radius 2 is 2.04 bits per heavy atom. The third-order valence-electron chi connectivity index (χ3n) is 4.22. The molecule has 0 saturated carbocycles. The van der Waals surface area contributed by atoms with E-state index < -0.39 is 6.10 Å². The summed E-state index contributed by atoms with van der Waals surface area (Å²) >= 11 is 6.54. The van der Waals surface area contributed by atoms with Gasteiger partial charge in [0.15, 0.2) is 11.5 Å². The lowest BCUT2D eigenvalue weighted by molar-refractivity contribution is 0.180. The minimum atomic E-state index is -0.619. The molecule has 0 saturated heterocycles. The number of aliphatic hydroxyl groups excluding tert-OH is 1. The molecule has 9 heteroatoms. The molecular weight excluding hydrogens is 370 g/mol. The van der Waals surface area contributed by atoms with Crippen LogP contribution in [0.4, 0.5) is 17.5 Å². The van der Waals surface area contributed by atoms with E-state index in [2.05, 4.69) is 25.9 Å². The third-order valence-corrected chi connectivity index (χ3v) is 4.62. The Bertz CT molecular complexity index is 888. The first-order valence-corrected chi connectivity index (χ1v) is 8.90. The Morgan fingerprint density at radius 1 is 1.26 bits per heavy atom. The van der Waals surface area contributed by atoms with Crippen molar-refractivity contribution in [1.82, 2.24) is 15.3 Å². The number of aromatic nitrogens is 2. The molecule has 6 N–H and O–H groups in total. The topological polar surface area (TPSA) is 123 Å². The lowest BCUT2D eigenvalue weighted by atomic mass is 9.98. The summed E-state index contributed by atoms with van der Waals surface area (Å²) in [7, 11) is 1.75. The number of aromatic hydroxyl groups is 2. The van der Waals surface area contributed by atoms with Crippen LogP contribution >= 0.6 is 11.6 Å². The number of aliphatic hydroxyl groups is 1. The van der Waals surface area contributed by atoms with E-state index in [1.54, 1.807) is 13.1 Å². The number of phenolic OH excluding ortho intramolecular Hbond substituents is 2. The Morgan fingerprint density at radius 3 is 2.78 bits per heavy atom. The zero-order chi connectivity index (χ0) is 19.6. The first-order valence-electron chi connectivity index (χ1n) is 8.52. The zero-order valence-corrected chi connectivity index (χ0v) is 15.8. The Kier molecular flexibility index (Phi) is 5.69. The van der Waals surface area contributed by atoms with Crippen LogP contribution in [0.2, 0.25) is 5.02 Å². The molecule has 27 heavy (non-hydrogen) atoms. The van der Waals surface area contributed by atoms with Gasteiger partial charge in [0.25, 0.3) is 0 Å². The highest BCUT2D eigenvalue weighted by molar-refractivity contribution is 6.35. The second kappa shape index (κ2) is 7.99. The largest absolute Gasteiger partial charge is 0.504 e. The van der Waals surface area contributed by atoms with Gasteiger partial charge < -0.3 is 31.3 Å². The molecule has 0 fully saturated rings. The first-order chi connectivity index (χ1) is 12.9. The first kappa shape index (κ1) is 19.2. The van der Waals surface area contributed by atoms with Gasteiger partial charge in [-0.3, -0.25) is 0 Å². The summed E-state index contributed by atoms with van der Waals surface area (Å²) in [4.78, 5) is 8.62. The van der Waals surface area contributed by atoms with Gasteiger partial charge in [-0.05, 0) is 12.5 Å². The fraction of sp³-hybridized carbons (Fsp3) is 0.333. The molecule has 2 heterocycles. The van der Waals surface area contributed by atoms with Gasteiger partial charge in [0.1, 0.15) is 5.82 Å². The average molecular weight is 392 g/mol. The van der Waals surface area contributed by atoms with Crippen molar-refractivity contribution in [3.63, 3.8) is 0 Å². The molecule has 1 aromatic heterocycles. The van der Waals surface area contributed by atoms with E-state index in [1.165, 1.54) is 6.07 Å². The molecule has 144 valence electrons. The van der Waals surface area contributed by atoms with E-state index in [1.807, 2.05) is 13.0 Å². The van der Waals surface area contributed by atoms with Crippen LogP contribution < -0.4 is 16.0 Å². The van der Waals surface area contributed by atoms with Gasteiger partial charge in [0.2, 0.25) is 5.95 Å². The number of rotatable bonds is 4. The number of anilines is 3. The van der Waals surface area contributed by atoms with Crippen molar-refractivity contribution in [3.05, 3.63) is 34.5 Å². The van der Waals surface area contributed by atoms with Crippen LogP contribution in [0.25, 0.3) is 5.57 Å². The molecular formula is C18H22ClN5O3. The molecule has 0 aliphatic carbocycles. The molecule has 0 spiro atoms. The fourth-order valence-corrected chi connectivity index (χ4v) is 3.26. The van der Waals surface area contributed by atoms with Crippen LogP contribution in [0.1, 0.15) is 17.7 Å². The summed E-state index contributed by atoms with van der Waals surface area (Å²) in [5.74, 6) is 0.275. The minimum absolute atomic E-state index is 0.210. The summed E-state index contributed by atoms with van der Waals surface area (Å²) in [6, 6.07) is 3.11. The summed E-state index contributed by atoms with van der Waals surface area (Å²) in [6.45, 7) is 2.79. The molecule has 1 aromatic carbocycles. The van der Waals surface area contributed by atoms with Crippen molar-refractivity contribution in [2.45, 2.75) is 19.4 Å². The van der Waals surface area contributed by atoms with Crippen molar-refractivity contribution in [2.75, 3.05) is 30.8 Å². The second-order valence-electron chi connectivity index (χ2n) is 6.32. The number of nitrogens with zero attached hydrogens (tertiary/aromatic N) is 2. The van der Waals surface area contributed by atoms with E-state index in [0.717, 1.165) is 5.69 Å². The molecule has 0 amide bonds. The molecule has 1 unspecified atom stereocenters. The van der Waals surface area contributed by atoms with Gasteiger partial charge >= 0.3 is 0 Å². The molecule has 3 rings (SSSR count). The monoisotopic (exact) mass is 391 g/mol. The van der Waals surface area contributed by atoms with E-state index in [4.69, 9.17) is 11.6 Å². The predicted molar refractivity (Wildman–Crippen MR) is 106 cm³/mol. The zero-order valence-electron chi connectivity index (χ0n) is 15.0. The number of hydrogen-bond donors (Lipinski definition) is 6. The third kappa shape index (κ3) is 4.24. The van der Waals surface area contributed by atoms with Crippen LogP contribution in [0.3, 0.4) is 0 Å². The molecule has 1 aliphatic heterocycles. The number of hydrogen-bond acceptors (Lipinski definition) is 8. The highest BCUT2D eigenvalue weighted by Gasteiger charge is 2.23. The number of nitrogens with one attached hydrogen (secondary N) is 3. The van der Waals surface area contributed by atoms with Crippen LogP contribution in [0.5, 0.6) is 11.5 Å². The van der Waals surface area contributed by atoms with E-state index in [0.29, 0.717) is 42.5 Å². The van der Waals surface area contributed by atoms with E-state index >= 15 is 0 Å². The van der Waals surface area contributed by atoms with E-state index in [-0.39, 0.29) is 22.1 Å². The highest BCUT2D eigenvalue weighted by atomic mass is 35.5. The van der Waals surface area contributed by atoms with Crippen molar-refractivity contribution in [2.24, 2.45) is 0 Å². The number of aryl methyl sites for hydroxylation is 1. The van der Waals surface area contributed by atoms with Crippen molar-refractivity contribution in [3.8, 4) is 11.5 Å². The molecule has 1 atom stereocenters. The van der Waals surface area contributed by atoms with Crippen molar-refractivity contribution < 1.29 is 15.3 Å². The van der Waals surface area contributed by atoms with Crippen molar-refractivity contribution >= 4 is 34.6 Å². The summed E-state index contributed by atoms with van der Waals surface area (Å²) < 4.78 is 0. The summed E-state index contributed by atoms with van der Waals surface area (Å²) in [5.41, 5.74) is 2.03. The SMILES string of the molecule is CNc1cc(C)nc(Nc2cc(O)c(O)c(C3=CCNCC(O)C3)c2Cl)n1. The predicted octanol–water partition coefficient (Wildman–Crippen LogP) is 2.37. The lowest BCUT2D eigenvalue weighted by Crippen LogP contribution is -2.24. The second-order valence-corrected chi connectivity index (χ2v) is 6.70. The number of β-amino-alcohol motifs (C(OH)–C–C–N with tert-alkyl or cyclic N) is 1. The Labute approximate surface area is 161 Å². The van der Waals surface area contributed by atoms with Crippen molar-refractivity contribution in [1.29, 1.82) is 0 Å². The standard InChI is InChI=1S/C18H22ClN5O3/c1-9-5-14(20-2)24-18(22-9)23-12-7-13(26)17(27)15(16(12)19)10-3-4-21-8-11(25)6-10/h3,5,7,11,21,25-27H,4,6,8H2,1-2H3,(H2,20,22,23,24). The molecule has 1 aliphatic rings. The lowest BCUT2D eigenvalue weighted by Gasteiger charge is -2.17. The van der Waals surface area contributed by atoms with Crippen LogP contribution in [-0.4, -0.2) is 51.5 Å². The molecule has 0 bridgehead atoms. The Hall–Kier alpha value is -2.55. The van der Waals surface area contributed by atoms with Gasteiger partial charge in [-0.25, -0.2) is 4.98 Å². The van der Waals surface area contributed by atoms with Gasteiger partial charge in [-0.15, -0.1) is 0 Å². The quantitative estimate of drug-likeness (QED) is 0.347. The fourth-order valence-electron chi connectivity index (χ4n) is 2.95. The maximum absolute atomic E-state index is 10.4. The summed E-state index contributed by atoms with van der Waals surface area (Å²) in [6.07, 6.45) is 1.52. The Balaban J connectivity index is 2.04. The van der Waals surface area contributed by atoms with Gasteiger partial charge in [0.05, 0.1) is 16.8 Å². The summed E-state index contributed by atoms with van der Waals surface area (Å²) in [5, 5.41) is 39.8. The van der Waals surface area contributed by atoms with Crippen LogP contribution in [0.15, 0.2) is 18.2 Å². The maximum Gasteiger partial charge on any atom is 0.229 e. The minimum Gasteiger partial charge on any atom is -0.504 e. The maximum atomic E-state index is 10.4. The van der Waals surface area contributed by atoms with Gasteiger partial charge in [-0.1, -0.05) is 17.7 Å². The van der Waals surface area contributed by atoms with Crippen LogP contribution in [-0.2, 0) is 0 Å². The molecule has 2 aromatic rings. The number of halogens is 1. The number of benzene rings is 1. The smallest absolute Gasteiger partial charge is 0.229 e. The average Bonchev–Trinajstić information content (AvgIpc) is 2.83. The molecule has 8 nitrogen and oxygen atoms in total.